The van der Waals surface area contributed by atoms with Gasteiger partial charge in [0.1, 0.15) is 12.1 Å². The number of unbranched alkanes of at least 4 members (excludes halogenated alkanes) is 5. The van der Waals surface area contributed by atoms with Crippen molar-refractivity contribution in [3.05, 3.63) is 81.4 Å². The maximum atomic E-state index is 14.1. The van der Waals surface area contributed by atoms with Crippen molar-refractivity contribution in [2.24, 2.45) is 28.3 Å². The molecule has 314 valence electrons. The summed E-state index contributed by atoms with van der Waals surface area (Å²) in [4.78, 5) is 95.4. The van der Waals surface area contributed by atoms with E-state index in [1.165, 1.54) is 4.90 Å². The van der Waals surface area contributed by atoms with Gasteiger partial charge in [-0.15, -0.1) is 0 Å². The lowest BCUT2D eigenvalue weighted by Crippen LogP contribution is -2.55. The van der Waals surface area contributed by atoms with E-state index in [4.69, 9.17) is 11.5 Å². The number of aliphatic imine (C=N–C) groups is 1. The number of ketones is 1. The Labute approximate surface area is 338 Å². The van der Waals surface area contributed by atoms with Crippen molar-refractivity contribution in [3.63, 3.8) is 0 Å². The van der Waals surface area contributed by atoms with Gasteiger partial charge in [0, 0.05) is 38.5 Å². The van der Waals surface area contributed by atoms with E-state index in [2.05, 4.69) is 20.9 Å². The number of rotatable bonds is 25. The summed E-state index contributed by atoms with van der Waals surface area (Å²) in [6, 6.07) is 13.4. The molecule has 2 aliphatic rings. The van der Waals surface area contributed by atoms with Gasteiger partial charge in [0.25, 0.3) is 23.7 Å². The minimum absolute atomic E-state index is 0.0184. The molecule has 1 aliphatic carbocycles. The molecule has 17 heteroatoms. The van der Waals surface area contributed by atoms with E-state index in [1.54, 1.807) is 60.0 Å². The molecule has 0 aromatic heterocycles. The lowest BCUT2D eigenvalue weighted by molar-refractivity contribution is -0.525. The first-order valence-corrected chi connectivity index (χ1v) is 20.3. The highest BCUT2D eigenvalue weighted by Crippen LogP contribution is 2.34. The Hall–Kier alpha value is -5.71. The van der Waals surface area contributed by atoms with Crippen molar-refractivity contribution in [2.75, 3.05) is 26.2 Å². The first kappa shape index (κ1) is 45.0. The topological polar surface area (TPSA) is 261 Å². The number of nitrogens with zero attached hydrogens (tertiary/aromatic N) is 3. The van der Waals surface area contributed by atoms with Crippen molar-refractivity contribution >= 4 is 41.3 Å². The second-order valence-electron chi connectivity index (χ2n) is 14.9. The lowest BCUT2D eigenvalue weighted by Gasteiger charge is -2.27. The predicted molar refractivity (Wildman–Crippen MR) is 217 cm³/mol. The number of nitrogens with one attached hydrogen (secondary N) is 4. The number of carbonyl (C=O) groups excluding carboxylic acids is 6. The van der Waals surface area contributed by atoms with Gasteiger partial charge < -0.3 is 27.4 Å². The molecule has 8 N–H and O–H groups in total. The number of nitrogens with two attached hydrogens (primary N) is 2. The number of fused-ring (bicyclic) bond motifs is 1. The average molecular weight is 804 g/mol. The van der Waals surface area contributed by atoms with Gasteiger partial charge in [-0.1, -0.05) is 92.8 Å². The molecule has 0 unspecified atom stereocenters. The SMILES string of the molecule is NCCNC(=O)C(=O)[C@H](Cc1ccccc1)NC(=O)[C@H](CCCN=C(N)N[N+](=O)[O-])NC(=O)[C@H](CCCCCCCCN1C(=O)c2ccccc2C1=O)C1CCCC1. The molecule has 2 aromatic rings. The molecular formula is C41H57N9O8. The second kappa shape index (κ2) is 23.5. The Morgan fingerprint density at radius 3 is 2.05 bits per heavy atom. The fraction of sp³-hybridized carbons (Fsp3) is 0.537. The maximum Gasteiger partial charge on any atom is 0.289 e. The molecule has 17 nitrogen and oxygen atoms in total. The van der Waals surface area contributed by atoms with E-state index >= 15 is 0 Å². The molecule has 0 spiro atoms. The molecule has 1 heterocycles. The zero-order valence-corrected chi connectivity index (χ0v) is 33.0. The third kappa shape index (κ3) is 13.7. The molecule has 4 rings (SSSR count). The van der Waals surface area contributed by atoms with E-state index in [0.717, 1.165) is 57.8 Å². The number of hydrazine groups is 1. The van der Waals surface area contributed by atoms with Crippen LogP contribution in [0.15, 0.2) is 59.6 Å². The minimum atomic E-state index is -1.23. The van der Waals surface area contributed by atoms with E-state index < -0.39 is 40.7 Å². The lowest BCUT2D eigenvalue weighted by atomic mass is 9.85. The Kier molecular flexibility index (Phi) is 18.2. The first-order chi connectivity index (χ1) is 28.0. The first-order valence-electron chi connectivity index (χ1n) is 20.3. The Balaban J connectivity index is 1.36. The number of guanidine groups is 1. The summed E-state index contributed by atoms with van der Waals surface area (Å²) in [6.07, 6.45) is 9.88. The number of carbonyl (C=O) groups is 6. The average Bonchev–Trinajstić information content (AvgIpc) is 3.83. The number of Topliss-reactive ketones (excluding diaryl/α,β-unsaturated/α-hetero) is 1. The predicted octanol–water partition coefficient (Wildman–Crippen LogP) is 2.55. The third-order valence-corrected chi connectivity index (χ3v) is 10.7. The number of imide groups is 1. The second-order valence-corrected chi connectivity index (χ2v) is 14.9. The van der Waals surface area contributed by atoms with Crippen LogP contribution in [-0.2, 0) is 25.6 Å². The number of benzene rings is 2. The van der Waals surface area contributed by atoms with Gasteiger partial charge in [-0.3, -0.25) is 33.7 Å². The van der Waals surface area contributed by atoms with Gasteiger partial charge in [-0.2, -0.15) is 0 Å². The van der Waals surface area contributed by atoms with Crippen LogP contribution in [0.2, 0.25) is 0 Å². The van der Waals surface area contributed by atoms with Crippen LogP contribution < -0.4 is 32.8 Å². The maximum absolute atomic E-state index is 14.1. The molecule has 5 amide bonds. The fourth-order valence-corrected chi connectivity index (χ4v) is 7.66. The standard InChI is InChI=1S/C41H57N9O8/c42-23-25-44-38(54)35(51)34(27-28-15-6-5-7-16-28)47-37(53)33(22-14-24-45-41(43)48-50(57)58)46-36(52)30(29-17-9-10-18-29)19-8-3-1-2-4-13-26-49-39(55)31-20-11-12-21-32(31)40(49)56/h5-7,11-12,15-16,20-21,29-30,33-34H,1-4,8-10,13-14,17-19,22-27,42H2,(H,44,54)(H,46,52)(H,47,53)(H3,43,45,48)/t30-,33+,34+/m1/s1. The van der Waals surface area contributed by atoms with Crippen LogP contribution in [-0.4, -0.2) is 89.5 Å². The Bertz CT molecular complexity index is 1730. The molecule has 0 saturated heterocycles. The molecule has 1 fully saturated rings. The highest BCUT2D eigenvalue weighted by Gasteiger charge is 2.36. The zero-order valence-electron chi connectivity index (χ0n) is 33.0. The van der Waals surface area contributed by atoms with Gasteiger partial charge in [0.2, 0.25) is 17.6 Å². The third-order valence-electron chi connectivity index (χ3n) is 10.7. The number of hydrogen-bond donors (Lipinski definition) is 6. The number of nitro groups is 1. The minimum Gasteiger partial charge on any atom is -0.365 e. The van der Waals surface area contributed by atoms with Crippen LogP contribution in [0.4, 0.5) is 0 Å². The molecular weight excluding hydrogens is 747 g/mol. The van der Waals surface area contributed by atoms with Gasteiger partial charge in [0.15, 0.2) is 5.03 Å². The molecule has 58 heavy (non-hydrogen) atoms. The number of amides is 5. The molecule has 0 radical (unpaired) electrons. The van der Waals surface area contributed by atoms with Crippen molar-refractivity contribution < 1.29 is 33.8 Å². The normalized spacial score (nSPS) is 15.7. The zero-order chi connectivity index (χ0) is 41.9. The smallest absolute Gasteiger partial charge is 0.289 e. The molecule has 3 atom stereocenters. The highest BCUT2D eigenvalue weighted by molar-refractivity contribution is 6.38. The van der Waals surface area contributed by atoms with Gasteiger partial charge in [-0.05, 0) is 62.1 Å². The monoisotopic (exact) mass is 803 g/mol. The summed E-state index contributed by atoms with van der Waals surface area (Å²) in [5.74, 6) is -3.74. The van der Waals surface area contributed by atoms with E-state index in [1.807, 2.05) is 0 Å². The largest absolute Gasteiger partial charge is 0.365 e. The van der Waals surface area contributed by atoms with Crippen LogP contribution in [0, 0.1) is 22.0 Å². The van der Waals surface area contributed by atoms with Crippen molar-refractivity contribution in [1.82, 2.24) is 26.3 Å². The summed E-state index contributed by atoms with van der Waals surface area (Å²) in [5.41, 5.74) is 14.4. The summed E-state index contributed by atoms with van der Waals surface area (Å²) >= 11 is 0. The Morgan fingerprint density at radius 1 is 0.810 bits per heavy atom. The van der Waals surface area contributed by atoms with Crippen LogP contribution in [0.3, 0.4) is 0 Å². The summed E-state index contributed by atoms with van der Waals surface area (Å²) in [5, 5.41) is 18.0. The van der Waals surface area contributed by atoms with Crippen LogP contribution in [0.1, 0.15) is 110 Å². The van der Waals surface area contributed by atoms with E-state index in [-0.39, 0.29) is 68.5 Å². The molecule has 2 aromatic carbocycles. The summed E-state index contributed by atoms with van der Waals surface area (Å²) in [7, 11) is 0. The van der Waals surface area contributed by atoms with Crippen LogP contribution >= 0.6 is 0 Å². The van der Waals surface area contributed by atoms with Gasteiger partial charge >= 0.3 is 0 Å². The summed E-state index contributed by atoms with van der Waals surface area (Å²) in [6.45, 7) is 0.593. The van der Waals surface area contributed by atoms with Crippen molar-refractivity contribution in [3.8, 4) is 0 Å². The quantitative estimate of drug-likeness (QED) is 0.0162. The molecule has 0 bridgehead atoms. The Morgan fingerprint density at radius 2 is 1.41 bits per heavy atom. The summed E-state index contributed by atoms with van der Waals surface area (Å²) < 4.78 is 0. The van der Waals surface area contributed by atoms with Crippen molar-refractivity contribution in [1.29, 1.82) is 0 Å². The number of hydrogen-bond acceptors (Lipinski definition) is 10. The van der Waals surface area contributed by atoms with Gasteiger partial charge in [0.05, 0.1) is 11.1 Å². The fourth-order valence-electron chi connectivity index (χ4n) is 7.66. The van der Waals surface area contributed by atoms with Gasteiger partial charge in [-0.25, -0.2) is 15.1 Å². The van der Waals surface area contributed by atoms with Crippen molar-refractivity contribution in [2.45, 2.75) is 102 Å². The molecule has 1 aliphatic heterocycles. The van der Waals surface area contributed by atoms with Crippen LogP contribution in [0.5, 0.6) is 0 Å². The van der Waals surface area contributed by atoms with E-state index in [0.29, 0.717) is 36.1 Å². The highest BCUT2D eigenvalue weighted by atomic mass is 16.7. The molecule has 1 saturated carbocycles. The van der Waals surface area contributed by atoms with E-state index in [9.17, 15) is 38.9 Å². The van der Waals surface area contributed by atoms with Crippen LogP contribution in [0.25, 0.3) is 0 Å².